The molecular formula is C15H23NO. The van der Waals surface area contributed by atoms with E-state index >= 15 is 0 Å². The first-order valence-electron chi connectivity index (χ1n) is 6.73. The van der Waals surface area contributed by atoms with Crippen molar-refractivity contribution in [3.63, 3.8) is 0 Å². The second kappa shape index (κ2) is 6.18. The molecule has 0 radical (unpaired) electrons. The van der Waals surface area contributed by atoms with Crippen molar-refractivity contribution in [2.24, 2.45) is 5.92 Å². The summed E-state index contributed by atoms with van der Waals surface area (Å²) in [5.74, 6) is 0.550. The zero-order chi connectivity index (χ0) is 12.1. The van der Waals surface area contributed by atoms with Gasteiger partial charge in [-0.15, -0.1) is 0 Å². The molecule has 0 aromatic heterocycles. The Balaban J connectivity index is 1.94. The molecule has 2 atom stereocenters. The Labute approximate surface area is 104 Å². The Bertz CT molecular complexity index is 351. The highest BCUT2D eigenvalue weighted by atomic mass is 16.3. The lowest BCUT2D eigenvalue weighted by atomic mass is 9.87. The van der Waals surface area contributed by atoms with Crippen LogP contribution in [0.4, 0.5) is 0 Å². The smallest absolute Gasteiger partial charge is 0.0434 e. The molecule has 2 nitrogen and oxygen atoms in total. The van der Waals surface area contributed by atoms with E-state index in [0.717, 1.165) is 13.0 Å². The predicted molar refractivity (Wildman–Crippen MR) is 71.0 cm³/mol. The molecule has 0 aliphatic heterocycles. The Morgan fingerprint density at radius 2 is 2.24 bits per heavy atom. The summed E-state index contributed by atoms with van der Waals surface area (Å²) in [4.78, 5) is 0. The quantitative estimate of drug-likeness (QED) is 0.819. The number of hydrogen-bond acceptors (Lipinski definition) is 2. The zero-order valence-corrected chi connectivity index (χ0v) is 10.7. The monoisotopic (exact) mass is 233 g/mol. The van der Waals surface area contributed by atoms with E-state index < -0.39 is 0 Å². The molecule has 0 amide bonds. The third-order valence-electron chi connectivity index (χ3n) is 3.70. The van der Waals surface area contributed by atoms with Crippen LogP contribution in [0.25, 0.3) is 0 Å². The van der Waals surface area contributed by atoms with Gasteiger partial charge in [0.15, 0.2) is 0 Å². The lowest BCUT2D eigenvalue weighted by Crippen LogP contribution is -2.29. The summed E-state index contributed by atoms with van der Waals surface area (Å²) >= 11 is 0. The van der Waals surface area contributed by atoms with Crippen molar-refractivity contribution in [3.05, 3.63) is 35.4 Å². The fourth-order valence-corrected chi connectivity index (χ4v) is 2.63. The lowest BCUT2D eigenvalue weighted by molar-refractivity contribution is 0.256. The minimum atomic E-state index is 0.296. The molecule has 0 saturated heterocycles. The molecule has 1 aliphatic carbocycles. The fraction of sp³-hybridized carbons (Fsp3) is 0.600. The van der Waals surface area contributed by atoms with Gasteiger partial charge in [-0.05, 0) is 49.3 Å². The molecule has 1 aromatic carbocycles. The summed E-state index contributed by atoms with van der Waals surface area (Å²) in [5, 5.41) is 12.6. The molecule has 17 heavy (non-hydrogen) atoms. The summed E-state index contributed by atoms with van der Waals surface area (Å²) in [6.45, 7) is 3.49. The SMILES string of the molecule is CC(CCO)CNC1CCCc2ccccc21. The van der Waals surface area contributed by atoms with Crippen LogP contribution in [0.2, 0.25) is 0 Å². The zero-order valence-electron chi connectivity index (χ0n) is 10.7. The van der Waals surface area contributed by atoms with E-state index in [-0.39, 0.29) is 0 Å². The van der Waals surface area contributed by atoms with Crippen molar-refractivity contribution < 1.29 is 5.11 Å². The molecule has 1 aromatic rings. The molecular weight excluding hydrogens is 210 g/mol. The second-order valence-corrected chi connectivity index (χ2v) is 5.17. The predicted octanol–water partition coefficient (Wildman–Crippen LogP) is 2.67. The number of nitrogens with one attached hydrogen (secondary N) is 1. The maximum Gasteiger partial charge on any atom is 0.0434 e. The molecule has 2 rings (SSSR count). The number of hydrogen-bond donors (Lipinski definition) is 2. The van der Waals surface area contributed by atoms with Crippen LogP contribution in [0.15, 0.2) is 24.3 Å². The van der Waals surface area contributed by atoms with E-state index in [1.165, 1.54) is 30.4 Å². The van der Waals surface area contributed by atoms with Crippen LogP contribution in [0.5, 0.6) is 0 Å². The Morgan fingerprint density at radius 3 is 3.06 bits per heavy atom. The lowest BCUT2D eigenvalue weighted by Gasteiger charge is -2.27. The summed E-state index contributed by atoms with van der Waals surface area (Å²) < 4.78 is 0. The number of benzene rings is 1. The van der Waals surface area contributed by atoms with Gasteiger partial charge < -0.3 is 10.4 Å². The van der Waals surface area contributed by atoms with E-state index in [1.54, 1.807) is 0 Å². The van der Waals surface area contributed by atoms with Gasteiger partial charge in [0.25, 0.3) is 0 Å². The van der Waals surface area contributed by atoms with Gasteiger partial charge >= 0.3 is 0 Å². The average molecular weight is 233 g/mol. The van der Waals surface area contributed by atoms with Crippen molar-refractivity contribution in [2.45, 2.75) is 38.6 Å². The molecule has 0 saturated carbocycles. The van der Waals surface area contributed by atoms with E-state index in [4.69, 9.17) is 5.11 Å². The van der Waals surface area contributed by atoms with Crippen LogP contribution in [0.1, 0.15) is 43.4 Å². The van der Waals surface area contributed by atoms with Gasteiger partial charge in [-0.1, -0.05) is 31.2 Å². The van der Waals surface area contributed by atoms with Crippen molar-refractivity contribution in [1.29, 1.82) is 0 Å². The van der Waals surface area contributed by atoms with E-state index in [0.29, 0.717) is 18.6 Å². The number of aryl methyl sites for hydroxylation is 1. The minimum absolute atomic E-state index is 0.296. The van der Waals surface area contributed by atoms with Crippen molar-refractivity contribution in [2.75, 3.05) is 13.2 Å². The number of aliphatic hydroxyl groups excluding tert-OH is 1. The first-order valence-corrected chi connectivity index (χ1v) is 6.73. The Morgan fingerprint density at radius 1 is 1.41 bits per heavy atom. The van der Waals surface area contributed by atoms with Crippen LogP contribution >= 0.6 is 0 Å². The van der Waals surface area contributed by atoms with Crippen LogP contribution in [0, 0.1) is 5.92 Å². The highest BCUT2D eigenvalue weighted by molar-refractivity contribution is 5.32. The first-order chi connectivity index (χ1) is 8.31. The van der Waals surface area contributed by atoms with Crippen LogP contribution in [0.3, 0.4) is 0 Å². The average Bonchev–Trinajstić information content (AvgIpc) is 2.36. The van der Waals surface area contributed by atoms with Gasteiger partial charge in [-0.3, -0.25) is 0 Å². The number of aliphatic hydroxyl groups is 1. The largest absolute Gasteiger partial charge is 0.396 e. The van der Waals surface area contributed by atoms with Gasteiger partial charge in [0.1, 0.15) is 0 Å². The summed E-state index contributed by atoms with van der Waals surface area (Å²) in [7, 11) is 0. The van der Waals surface area contributed by atoms with Crippen molar-refractivity contribution in [1.82, 2.24) is 5.32 Å². The fourth-order valence-electron chi connectivity index (χ4n) is 2.63. The topological polar surface area (TPSA) is 32.3 Å². The summed E-state index contributed by atoms with van der Waals surface area (Å²) in [6.07, 6.45) is 4.63. The van der Waals surface area contributed by atoms with Crippen molar-refractivity contribution >= 4 is 0 Å². The Hall–Kier alpha value is -0.860. The second-order valence-electron chi connectivity index (χ2n) is 5.17. The maximum absolute atomic E-state index is 8.90. The Kier molecular flexibility index (Phi) is 4.57. The molecule has 94 valence electrons. The van der Waals surface area contributed by atoms with Crippen molar-refractivity contribution in [3.8, 4) is 0 Å². The molecule has 0 fully saturated rings. The molecule has 0 bridgehead atoms. The van der Waals surface area contributed by atoms with Gasteiger partial charge in [0, 0.05) is 12.6 Å². The molecule has 0 heterocycles. The van der Waals surface area contributed by atoms with Crippen LogP contribution in [-0.2, 0) is 6.42 Å². The van der Waals surface area contributed by atoms with Gasteiger partial charge in [0.2, 0.25) is 0 Å². The molecule has 1 aliphatic rings. The van der Waals surface area contributed by atoms with Crippen LogP contribution < -0.4 is 5.32 Å². The summed E-state index contributed by atoms with van der Waals surface area (Å²) in [6, 6.07) is 9.29. The van der Waals surface area contributed by atoms with E-state index in [2.05, 4.69) is 36.5 Å². The normalized spacial score (nSPS) is 20.9. The standard InChI is InChI=1S/C15H23NO/c1-12(9-10-17)11-16-15-8-4-6-13-5-2-3-7-14(13)15/h2-3,5,7,12,15-17H,4,6,8-11H2,1H3. The van der Waals surface area contributed by atoms with E-state index in [1.807, 2.05) is 0 Å². The molecule has 2 heteroatoms. The van der Waals surface area contributed by atoms with Crippen LogP contribution in [-0.4, -0.2) is 18.3 Å². The van der Waals surface area contributed by atoms with E-state index in [9.17, 15) is 0 Å². The van der Waals surface area contributed by atoms with Gasteiger partial charge in [-0.25, -0.2) is 0 Å². The minimum Gasteiger partial charge on any atom is -0.396 e. The van der Waals surface area contributed by atoms with Gasteiger partial charge in [0.05, 0.1) is 0 Å². The third kappa shape index (κ3) is 3.30. The third-order valence-corrected chi connectivity index (χ3v) is 3.70. The van der Waals surface area contributed by atoms with Gasteiger partial charge in [-0.2, -0.15) is 0 Å². The highest BCUT2D eigenvalue weighted by Gasteiger charge is 2.19. The first kappa shape index (κ1) is 12.6. The number of rotatable bonds is 5. The summed E-state index contributed by atoms with van der Waals surface area (Å²) in [5.41, 5.74) is 2.99. The highest BCUT2D eigenvalue weighted by Crippen LogP contribution is 2.29. The molecule has 2 N–H and O–H groups in total. The molecule has 2 unspecified atom stereocenters. The maximum atomic E-state index is 8.90. The number of fused-ring (bicyclic) bond motifs is 1. The molecule has 0 spiro atoms.